The maximum absolute atomic E-state index is 11.1. The fourth-order valence-electron chi connectivity index (χ4n) is 2.23. The smallest absolute Gasteiger partial charge is 0.303 e. The van der Waals surface area contributed by atoms with Crippen LogP contribution in [-0.2, 0) is 16.0 Å². The number of pyridine rings is 1. The van der Waals surface area contributed by atoms with Gasteiger partial charge in [-0.05, 0) is 37.3 Å². The monoisotopic (exact) mass is 219 g/mol. The lowest BCUT2D eigenvalue weighted by molar-refractivity contribution is -0.147. The molecule has 1 aromatic rings. The summed E-state index contributed by atoms with van der Waals surface area (Å²) in [6.45, 7) is 1.46. The zero-order valence-electron chi connectivity index (χ0n) is 9.61. The molecule has 86 valence electrons. The first-order chi connectivity index (χ1) is 7.77. The number of carbonyl (C=O) groups excluding carboxylic acids is 1. The number of esters is 1. The molecule has 0 aliphatic heterocycles. The fraction of sp³-hybridized carbons (Fsp3) is 0.538. The van der Waals surface area contributed by atoms with E-state index < -0.39 is 0 Å². The molecule has 1 heterocycles. The number of hydrogen-bond donors (Lipinski definition) is 0. The van der Waals surface area contributed by atoms with Crippen molar-refractivity contribution in [2.75, 3.05) is 0 Å². The van der Waals surface area contributed by atoms with Crippen molar-refractivity contribution in [3.05, 3.63) is 29.6 Å². The summed E-state index contributed by atoms with van der Waals surface area (Å²) in [6, 6.07) is 4.04. The van der Waals surface area contributed by atoms with Gasteiger partial charge in [0.1, 0.15) is 6.10 Å². The third-order valence-electron chi connectivity index (χ3n) is 2.95. The number of carbonyl (C=O) groups is 1. The molecule has 1 unspecified atom stereocenters. The van der Waals surface area contributed by atoms with Crippen molar-refractivity contribution in [2.45, 2.75) is 45.1 Å². The van der Waals surface area contributed by atoms with Gasteiger partial charge in [0.05, 0.1) is 5.69 Å². The molecular weight excluding hydrogens is 202 g/mol. The van der Waals surface area contributed by atoms with Crippen LogP contribution >= 0.6 is 0 Å². The molecule has 0 amide bonds. The average molecular weight is 219 g/mol. The van der Waals surface area contributed by atoms with Crippen LogP contribution in [0.5, 0.6) is 0 Å². The molecule has 0 bridgehead atoms. The summed E-state index contributed by atoms with van der Waals surface area (Å²) in [7, 11) is 0. The van der Waals surface area contributed by atoms with E-state index in [2.05, 4.69) is 11.1 Å². The molecule has 3 heteroatoms. The van der Waals surface area contributed by atoms with Gasteiger partial charge in [-0.2, -0.15) is 0 Å². The van der Waals surface area contributed by atoms with Crippen LogP contribution in [0.15, 0.2) is 18.3 Å². The Kier molecular flexibility index (Phi) is 3.54. The van der Waals surface area contributed by atoms with Gasteiger partial charge >= 0.3 is 5.97 Å². The molecular formula is C13H17NO2. The maximum atomic E-state index is 11.1. The van der Waals surface area contributed by atoms with E-state index in [1.165, 1.54) is 25.3 Å². The minimum Gasteiger partial charge on any atom is -0.456 e. The Balaban J connectivity index is 2.27. The first-order valence-corrected chi connectivity index (χ1v) is 5.88. The molecule has 1 aromatic heterocycles. The van der Waals surface area contributed by atoms with Crippen molar-refractivity contribution in [3.63, 3.8) is 0 Å². The molecule has 1 atom stereocenters. The number of aryl methyl sites for hydroxylation is 1. The highest BCUT2D eigenvalue weighted by atomic mass is 16.5. The highest BCUT2D eigenvalue weighted by Crippen LogP contribution is 2.28. The quantitative estimate of drug-likeness (QED) is 0.682. The van der Waals surface area contributed by atoms with Crippen molar-refractivity contribution in [1.29, 1.82) is 0 Å². The lowest BCUT2D eigenvalue weighted by atomic mass is 9.95. The Morgan fingerprint density at radius 3 is 3.12 bits per heavy atom. The molecule has 1 aliphatic rings. The molecule has 0 radical (unpaired) electrons. The predicted molar refractivity (Wildman–Crippen MR) is 60.9 cm³/mol. The van der Waals surface area contributed by atoms with Crippen molar-refractivity contribution < 1.29 is 9.53 Å². The van der Waals surface area contributed by atoms with E-state index in [4.69, 9.17) is 4.74 Å². The van der Waals surface area contributed by atoms with Crippen LogP contribution in [0.3, 0.4) is 0 Å². The van der Waals surface area contributed by atoms with Crippen molar-refractivity contribution in [3.8, 4) is 0 Å². The third kappa shape index (κ3) is 2.60. The summed E-state index contributed by atoms with van der Waals surface area (Å²) in [5, 5.41) is 0. The minimum absolute atomic E-state index is 0.144. The summed E-state index contributed by atoms with van der Waals surface area (Å²) in [4.78, 5) is 15.4. The highest BCUT2D eigenvalue weighted by molar-refractivity contribution is 5.66. The van der Waals surface area contributed by atoms with Crippen molar-refractivity contribution >= 4 is 5.97 Å². The predicted octanol–water partition coefficient (Wildman–Crippen LogP) is 2.80. The summed E-state index contributed by atoms with van der Waals surface area (Å²) < 4.78 is 5.35. The van der Waals surface area contributed by atoms with Gasteiger partial charge in [-0.15, -0.1) is 0 Å². The van der Waals surface area contributed by atoms with Gasteiger partial charge in [-0.25, -0.2) is 0 Å². The van der Waals surface area contributed by atoms with Crippen LogP contribution in [0.2, 0.25) is 0 Å². The molecule has 0 saturated carbocycles. The Labute approximate surface area is 95.8 Å². The second-order valence-electron chi connectivity index (χ2n) is 4.25. The van der Waals surface area contributed by atoms with Crippen LogP contribution in [0.4, 0.5) is 0 Å². The number of fused-ring (bicyclic) bond motifs is 1. The molecule has 16 heavy (non-hydrogen) atoms. The second-order valence-corrected chi connectivity index (χ2v) is 4.25. The normalized spacial score (nSPS) is 20.4. The van der Waals surface area contributed by atoms with Crippen LogP contribution in [0.1, 0.15) is 50.0 Å². The first-order valence-electron chi connectivity index (χ1n) is 5.88. The maximum Gasteiger partial charge on any atom is 0.303 e. The minimum atomic E-state index is -0.220. The second kappa shape index (κ2) is 5.10. The SMILES string of the molecule is CC(=O)OC1CCCCCc2cccnc21. The van der Waals surface area contributed by atoms with E-state index in [0.29, 0.717) is 0 Å². The van der Waals surface area contributed by atoms with Crippen LogP contribution < -0.4 is 0 Å². The molecule has 0 N–H and O–H groups in total. The zero-order valence-corrected chi connectivity index (χ0v) is 9.61. The number of aromatic nitrogens is 1. The molecule has 0 saturated heterocycles. The Bertz CT molecular complexity index is 376. The summed E-state index contributed by atoms with van der Waals surface area (Å²) in [5.41, 5.74) is 2.19. The number of rotatable bonds is 1. The average Bonchev–Trinajstić information content (AvgIpc) is 2.24. The van der Waals surface area contributed by atoms with E-state index in [9.17, 15) is 4.79 Å². The Morgan fingerprint density at radius 1 is 1.44 bits per heavy atom. The van der Waals surface area contributed by atoms with Crippen LogP contribution in [0.25, 0.3) is 0 Å². The molecule has 0 fully saturated rings. The number of nitrogens with zero attached hydrogens (tertiary/aromatic N) is 1. The summed E-state index contributed by atoms with van der Waals surface area (Å²) in [6.07, 6.45) is 7.07. The first kappa shape index (κ1) is 11.1. The van der Waals surface area contributed by atoms with Gasteiger partial charge in [0.25, 0.3) is 0 Å². The standard InChI is InChI=1S/C13H17NO2/c1-10(15)16-12-8-4-2-3-6-11-7-5-9-14-13(11)12/h5,7,9,12H,2-4,6,8H2,1H3. The highest BCUT2D eigenvalue weighted by Gasteiger charge is 2.20. The van der Waals surface area contributed by atoms with Gasteiger partial charge in [0.2, 0.25) is 0 Å². The fourth-order valence-corrected chi connectivity index (χ4v) is 2.23. The molecule has 0 spiro atoms. The molecule has 0 aromatic carbocycles. The number of ether oxygens (including phenoxy) is 1. The van der Waals surface area contributed by atoms with Crippen molar-refractivity contribution in [1.82, 2.24) is 4.98 Å². The van der Waals surface area contributed by atoms with E-state index in [1.54, 1.807) is 6.20 Å². The van der Waals surface area contributed by atoms with E-state index in [1.807, 2.05) is 6.07 Å². The summed E-state index contributed by atoms with van der Waals surface area (Å²) >= 11 is 0. The van der Waals surface area contributed by atoms with Crippen LogP contribution in [0, 0.1) is 0 Å². The van der Waals surface area contributed by atoms with E-state index in [0.717, 1.165) is 25.0 Å². The zero-order chi connectivity index (χ0) is 11.4. The third-order valence-corrected chi connectivity index (χ3v) is 2.95. The Morgan fingerprint density at radius 2 is 2.31 bits per heavy atom. The van der Waals surface area contributed by atoms with Gasteiger partial charge in [-0.1, -0.05) is 12.5 Å². The number of hydrogen-bond acceptors (Lipinski definition) is 3. The Hall–Kier alpha value is -1.38. The summed E-state index contributed by atoms with van der Waals surface area (Å²) in [5.74, 6) is -0.220. The van der Waals surface area contributed by atoms with E-state index in [-0.39, 0.29) is 12.1 Å². The lowest BCUT2D eigenvalue weighted by Gasteiger charge is -2.21. The van der Waals surface area contributed by atoms with E-state index >= 15 is 0 Å². The van der Waals surface area contributed by atoms with Crippen molar-refractivity contribution in [2.24, 2.45) is 0 Å². The molecule has 2 rings (SSSR count). The van der Waals surface area contributed by atoms with Crippen LogP contribution in [-0.4, -0.2) is 11.0 Å². The van der Waals surface area contributed by atoms with Gasteiger partial charge < -0.3 is 4.74 Å². The lowest BCUT2D eigenvalue weighted by Crippen LogP contribution is -2.14. The molecule has 1 aliphatic carbocycles. The van der Waals surface area contributed by atoms with Gasteiger partial charge in [0.15, 0.2) is 0 Å². The van der Waals surface area contributed by atoms with Gasteiger partial charge in [-0.3, -0.25) is 9.78 Å². The largest absolute Gasteiger partial charge is 0.456 e. The van der Waals surface area contributed by atoms with Gasteiger partial charge in [0, 0.05) is 13.1 Å². The molecule has 3 nitrogen and oxygen atoms in total. The topological polar surface area (TPSA) is 39.2 Å².